The fourth-order valence-corrected chi connectivity index (χ4v) is 2.03. The second kappa shape index (κ2) is 13.6. The molecule has 0 heterocycles. The van der Waals surface area contributed by atoms with Gasteiger partial charge in [0.25, 0.3) is 0 Å². The molecule has 0 spiro atoms. The van der Waals surface area contributed by atoms with E-state index in [0.29, 0.717) is 12.0 Å². The summed E-state index contributed by atoms with van der Waals surface area (Å²) in [6, 6.07) is 0. The Bertz CT molecular complexity index is 633. The number of hydrogen-bond donors (Lipinski definition) is 0. The lowest BCUT2D eigenvalue weighted by atomic mass is 10.0. The lowest BCUT2D eigenvalue weighted by Crippen LogP contribution is -2.18. The van der Waals surface area contributed by atoms with Crippen molar-refractivity contribution in [2.24, 2.45) is 0 Å². The minimum absolute atomic E-state index is 0.398. The van der Waals surface area contributed by atoms with Crippen molar-refractivity contribution in [3.8, 4) is 0 Å². The molecule has 0 aromatic rings. The van der Waals surface area contributed by atoms with Crippen molar-refractivity contribution in [2.45, 2.75) is 66.9 Å². The molecule has 27 heavy (non-hydrogen) atoms. The molecular weight excluding hydrogens is 348 g/mol. The average Bonchev–Trinajstić information content (AvgIpc) is 2.53. The van der Waals surface area contributed by atoms with Gasteiger partial charge in [-0.3, -0.25) is 14.4 Å². The van der Waals surface area contributed by atoms with Gasteiger partial charge >= 0.3 is 17.9 Å². The van der Waals surface area contributed by atoms with E-state index in [1.807, 2.05) is 13.0 Å². The van der Waals surface area contributed by atoms with Gasteiger partial charge in [-0.2, -0.15) is 0 Å². The minimum atomic E-state index is -0.674. The third-order valence-corrected chi connectivity index (χ3v) is 3.31. The van der Waals surface area contributed by atoms with Crippen LogP contribution < -0.4 is 0 Å². The van der Waals surface area contributed by atoms with Crippen LogP contribution in [0.1, 0.15) is 60.8 Å². The molecule has 6 heteroatoms. The molecule has 0 saturated heterocycles. The van der Waals surface area contributed by atoms with E-state index in [4.69, 9.17) is 14.2 Å². The number of ether oxygens (including phenoxy) is 3. The second-order valence-corrected chi connectivity index (χ2v) is 6.34. The Labute approximate surface area is 161 Å². The third-order valence-electron chi connectivity index (χ3n) is 3.31. The van der Waals surface area contributed by atoms with Gasteiger partial charge in [0.1, 0.15) is 12.4 Å². The Morgan fingerprint density at radius 2 is 1.48 bits per heavy atom. The maximum Gasteiger partial charge on any atom is 0.307 e. The molecule has 0 saturated carbocycles. The Hall–Kier alpha value is -2.63. The Balaban J connectivity index is 5.34. The van der Waals surface area contributed by atoms with E-state index in [2.05, 4.69) is 19.9 Å². The molecule has 0 aliphatic rings. The molecule has 0 aliphatic carbocycles. The van der Waals surface area contributed by atoms with Crippen LogP contribution in [-0.4, -0.2) is 24.0 Å². The van der Waals surface area contributed by atoms with Crippen LogP contribution in [0.3, 0.4) is 0 Å². The lowest BCUT2D eigenvalue weighted by Gasteiger charge is -2.17. The van der Waals surface area contributed by atoms with E-state index in [1.54, 1.807) is 0 Å². The highest BCUT2D eigenvalue weighted by atomic mass is 16.5. The van der Waals surface area contributed by atoms with Crippen molar-refractivity contribution < 1.29 is 28.6 Å². The summed E-state index contributed by atoms with van der Waals surface area (Å²) >= 11 is 0. The minimum Gasteiger partial charge on any atom is -0.457 e. The standard InChI is InChI=1S/C21H30O6/c1-15(2)8-7-9-16(3)10-11-21(27-19(6)24)20(14-26-18(5)23)12-13-25-17(4)22/h8,10,12-14,21H,7,9,11H2,1-6H3/b13-12-,16-10+,20-14-. The van der Waals surface area contributed by atoms with Gasteiger partial charge < -0.3 is 14.2 Å². The quantitative estimate of drug-likeness (QED) is 0.183. The van der Waals surface area contributed by atoms with Gasteiger partial charge in [-0.1, -0.05) is 23.3 Å². The van der Waals surface area contributed by atoms with Crippen molar-refractivity contribution in [3.63, 3.8) is 0 Å². The molecule has 0 amide bonds. The van der Waals surface area contributed by atoms with E-state index in [1.165, 1.54) is 44.9 Å². The zero-order chi connectivity index (χ0) is 20.8. The molecule has 1 unspecified atom stereocenters. The van der Waals surface area contributed by atoms with E-state index >= 15 is 0 Å². The molecular formula is C21H30O6. The third kappa shape index (κ3) is 14.2. The SMILES string of the molecule is CC(=O)O/C=C\C(=C\OC(C)=O)C(C/C=C(\C)CCC=C(C)C)OC(C)=O. The molecule has 0 N–H and O–H groups in total. The van der Waals surface area contributed by atoms with Crippen LogP contribution in [0.25, 0.3) is 0 Å². The molecule has 0 fully saturated rings. The zero-order valence-electron chi connectivity index (χ0n) is 17.0. The summed E-state index contributed by atoms with van der Waals surface area (Å²) in [6.45, 7) is 9.94. The molecule has 1 atom stereocenters. The molecule has 150 valence electrons. The molecule has 0 aromatic carbocycles. The fourth-order valence-electron chi connectivity index (χ4n) is 2.03. The first-order chi connectivity index (χ1) is 12.6. The second-order valence-electron chi connectivity index (χ2n) is 6.34. The van der Waals surface area contributed by atoms with Crippen molar-refractivity contribution in [3.05, 3.63) is 47.5 Å². The first-order valence-electron chi connectivity index (χ1n) is 8.79. The van der Waals surface area contributed by atoms with E-state index in [9.17, 15) is 14.4 Å². The fraction of sp³-hybridized carbons (Fsp3) is 0.476. The summed E-state index contributed by atoms with van der Waals surface area (Å²) in [4.78, 5) is 33.5. The summed E-state index contributed by atoms with van der Waals surface area (Å²) in [5.41, 5.74) is 2.82. The van der Waals surface area contributed by atoms with E-state index < -0.39 is 24.0 Å². The van der Waals surface area contributed by atoms with E-state index in [-0.39, 0.29) is 0 Å². The van der Waals surface area contributed by atoms with Gasteiger partial charge in [-0.05, 0) is 39.7 Å². The number of carbonyl (C=O) groups excluding carboxylic acids is 3. The Morgan fingerprint density at radius 1 is 0.852 bits per heavy atom. The molecule has 0 aromatic heterocycles. The average molecular weight is 378 g/mol. The van der Waals surface area contributed by atoms with Gasteiger partial charge in [0, 0.05) is 32.8 Å². The van der Waals surface area contributed by atoms with Crippen LogP contribution in [0.5, 0.6) is 0 Å². The van der Waals surface area contributed by atoms with Gasteiger partial charge in [-0.25, -0.2) is 0 Å². The largest absolute Gasteiger partial charge is 0.457 e. The molecule has 0 aliphatic heterocycles. The predicted molar refractivity (Wildman–Crippen MR) is 103 cm³/mol. The Kier molecular flexibility index (Phi) is 12.2. The van der Waals surface area contributed by atoms with Gasteiger partial charge in [-0.15, -0.1) is 0 Å². The Morgan fingerprint density at radius 3 is 2.00 bits per heavy atom. The summed E-state index contributed by atoms with van der Waals surface area (Å²) < 4.78 is 15.0. The number of allylic oxidation sites excluding steroid dienone is 3. The van der Waals surface area contributed by atoms with Crippen LogP contribution in [0.4, 0.5) is 0 Å². The van der Waals surface area contributed by atoms with E-state index in [0.717, 1.165) is 18.4 Å². The summed E-state index contributed by atoms with van der Waals surface area (Å²) in [7, 11) is 0. The van der Waals surface area contributed by atoms with Crippen LogP contribution in [0.15, 0.2) is 47.5 Å². The highest BCUT2D eigenvalue weighted by Gasteiger charge is 2.16. The summed E-state index contributed by atoms with van der Waals surface area (Å²) in [6.07, 6.45) is 9.49. The number of esters is 3. The number of hydrogen-bond acceptors (Lipinski definition) is 6. The monoisotopic (exact) mass is 378 g/mol. The van der Waals surface area contributed by atoms with Crippen molar-refractivity contribution in [2.75, 3.05) is 0 Å². The molecule has 0 radical (unpaired) electrons. The zero-order valence-corrected chi connectivity index (χ0v) is 17.0. The molecule has 0 bridgehead atoms. The first kappa shape index (κ1) is 24.4. The predicted octanol–water partition coefficient (Wildman–Crippen LogP) is 4.52. The smallest absolute Gasteiger partial charge is 0.307 e. The van der Waals surface area contributed by atoms with Crippen LogP contribution in [-0.2, 0) is 28.6 Å². The molecule has 0 rings (SSSR count). The van der Waals surface area contributed by atoms with Crippen molar-refractivity contribution in [1.82, 2.24) is 0 Å². The van der Waals surface area contributed by atoms with Gasteiger partial charge in [0.2, 0.25) is 0 Å². The highest BCUT2D eigenvalue weighted by Crippen LogP contribution is 2.17. The summed E-state index contributed by atoms with van der Waals surface area (Å²) in [5.74, 6) is -1.47. The first-order valence-corrected chi connectivity index (χ1v) is 8.79. The van der Waals surface area contributed by atoms with Gasteiger partial charge in [0.05, 0.1) is 6.26 Å². The topological polar surface area (TPSA) is 78.9 Å². The highest BCUT2D eigenvalue weighted by molar-refractivity contribution is 5.68. The summed E-state index contributed by atoms with van der Waals surface area (Å²) in [5, 5.41) is 0. The van der Waals surface area contributed by atoms with Crippen LogP contribution in [0.2, 0.25) is 0 Å². The van der Waals surface area contributed by atoms with Crippen LogP contribution >= 0.6 is 0 Å². The molecule has 6 nitrogen and oxygen atoms in total. The van der Waals surface area contributed by atoms with Crippen molar-refractivity contribution >= 4 is 17.9 Å². The maximum absolute atomic E-state index is 11.5. The maximum atomic E-state index is 11.5. The van der Waals surface area contributed by atoms with Gasteiger partial charge in [0.15, 0.2) is 0 Å². The lowest BCUT2D eigenvalue weighted by molar-refractivity contribution is -0.144. The number of carbonyl (C=O) groups is 3. The van der Waals surface area contributed by atoms with Crippen LogP contribution in [0, 0.1) is 0 Å². The number of rotatable bonds is 10. The normalized spacial score (nSPS) is 13.1. The van der Waals surface area contributed by atoms with Crippen molar-refractivity contribution in [1.29, 1.82) is 0 Å².